The second-order valence-corrected chi connectivity index (χ2v) is 5.15. The molecule has 0 radical (unpaired) electrons. The molecule has 1 aromatic rings. The summed E-state index contributed by atoms with van der Waals surface area (Å²) in [6.45, 7) is 0.319. The molecule has 1 heterocycles. The zero-order chi connectivity index (χ0) is 14.6. The number of halogens is 3. The molecule has 0 atom stereocenters. The molecule has 0 amide bonds. The quantitative estimate of drug-likeness (QED) is 0.825. The normalized spacial score (nSPS) is 16.8. The van der Waals surface area contributed by atoms with Crippen molar-refractivity contribution in [2.75, 3.05) is 6.54 Å². The van der Waals surface area contributed by atoms with Gasteiger partial charge in [0, 0.05) is 12.6 Å². The lowest BCUT2D eigenvalue weighted by molar-refractivity contribution is -0.139. The summed E-state index contributed by atoms with van der Waals surface area (Å²) in [5, 5.41) is 8.70. The molecule has 0 aromatic carbocycles. The van der Waals surface area contributed by atoms with Crippen molar-refractivity contribution in [1.82, 2.24) is 4.90 Å². The summed E-state index contributed by atoms with van der Waals surface area (Å²) >= 11 is 0. The smallest absolute Gasteiger partial charge is 0.390 e. The Morgan fingerprint density at radius 2 is 2.00 bits per heavy atom. The highest BCUT2D eigenvalue weighted by molar-refractivity contribution is 5.19. The molecule has 0 saturated heterocycles. The predicted octanol–water partition coefficient (Wildman–Crippen LogP) is 3.85. The first-order valence-electron chi connectivity index (χ1n) is 6.77. The van der Waals surface area contributed by atoms with Gasteiger partial charge in [-0.3, -0.25) is 4.90 Å². The molecule has 6 heteroatoms. The summed E-state index contributed by atoms with van der Waals surface area (Å²) in [5.41, 5.74) is 0. The van der Waals surface area contributed by atoms with Crippen LogP contribution in [0.5, 0.6) is 0 Å². The van der Waals surface area contributed by atoms with Crippen molar-refractivity contribution in [1.29, 1.82) is 5.26 Å². The highest BCUT2D eigenvalue weighted by atomic mass is 19.4. The van der Waals surface area contributed by atoms with Crippen molar-refractivity contribution in [3.63, 3.8) is 0 Å². The SMILES string of the molecule is N#Cc1ccc(CN(CCC(F)(F)F)C2CCCC2)o1. The van der Waals surface area contributed by atoms with Gasteiger partial charge in [-0.05, 0) is 25.0 Å². The van der Waals surface area contributed by atoms with Crippen LogP contribution in [0.4, 0.5) is 13.2 Å². The number of hydrogen-bond donors (Lipinski definition) is 0. The van der Waals surface area contributed by atoms with Crippen LogP contribution in [0.15, 0.2) is 16.5 Å². The largest absolute Gasteiger partial charge is 0.449 e. The number of nitriles is 1. The van der Waals surface area contributed by atoms with Gasteiger partial charge in [0.2, 0.25) is 5.76 Å². The van der Waals surface area contributed by atoms with Gasteiger partial charge in [-0.25, -0.2) is 0 Å². The first-order chi connectivity index (χ1) is 9.48. The van der Waals surface area contributed by atoms with Crippen LogP contribution in [-0.4, -0.2) is 23.7 Å². The lowest BCUT2D eigenvalue weighted by Crippen LogP contribution is -2.35. The van der Waals surface area contributed by atoms with E-state index in [1.807, 2.05) is 11.0 Å². The number of hydrogen-bond acceptors (Lipinski definition) is 3. The molecule has 20 heavy (non-hydrogen) atoms. The van der Waals surface area contributed by atoms with E-state index in [-0.39, 0.29) is 18.3 Å². The summed E-state index contributed by atoms with van der Waals surface area (Å²) < 4.78 is 42.5. The molecule has 1 fully saturated rings. The maximum atomic E-state index is 12.4. The van der Waals surface area contributed by atoms with Gasteiger partial charge in [-0.2, -0.15) is 18.4 Å². The molecule has 1 aliphatic rings. The Morgan fingerprint density at radius 3 is 2.55 bits per heavy atom. The summed E-state index contributed by atoms with van der Waals surface area (Å²) in [6.07, 6.45) is -0.954. The molecule has 0 aliphatic heterocycles. The number of rotatable bonds is 5. The Kier molecular flexibility index (Phi) is 4.71. The minimum absolute atomic E-state index is 0.0171. The summed E-state index contributed by atoms with van der Waals surface area (Å²) in [6, 6.07) is 5.28. The van der Waals surface area contributed by atoms with Crippen molar-refractivity contribution in [2.45, 2.75) is 50.9 Å². The Hall–Kier alpha value is -1.48. The van der Waals surface area contributed by atoms with Crippen molar-refractivity contribution < 1.29 is 17.6 Å². The van der Waals surface area contributed by atoms with Crippen LogP contribution in [0.2, 0.25) is 0 Å². The van der Waals surface area contributed by atoms with Crippen LogP contribution < -0.4 is 0 Å². The van der Waals surface area contributed by atoms with Crippen molar-refractivity contribution in [3.8, 4) is 6.07 Å². The Labute approximate surface area is 116 Å². The van der Waals surface area contributed by atoms with E-state index in [4.69, 9.17) is 9.68 Å². The molecule has 1 aromatic heterocycles. The maximum absolute atomic E-state index is 12.4. The first-order valence-corrected chi connectivity index (χ1v) is 6.77. The van der Waals surface area contributed by atoms with Crippen LogP contribution in [0.25, 0.3) is 0 Å². The van der Waals surface area contributed by atoms with E-state index in [2.05, 4.69) is 0 Å². The van der Waals surface area contributed by atoms with E-state index in [1.54, 1.807) is 12.1 Å². The molecule has 1 saturated carbocycles. The van der Waals surface area contributed by atoms with E-state index in [0.29, 0.717) is 12.3 Å². The molecular weight excluding hydrogens is 269 g/mol. The Morgan fingerprint density at radius 1 is 1.30 bits per heavy atom. The Bertz CT molecular complexity index is 469. The van der Waals surface area contributed by atoms with E-state index < -0.39 is 12.6 Å². The zero-order valence-corrected chi connectivity index (χ0v) is 11.1. The standard InChI is InChI=1S/C14H17F3N2O/c15-14(16,17)7-8-19(11-3-1-2-4-11)10-13-6-5-12(9-18)20-13/h5-6,11H,1-4,7-8,10H2. The maximum Gasteiger partial charge on any atom is 0.390 e. The fourth-order valence-electron chi connectivity index (χ4n) is 2.65. The lowest BCUT2D eigenvalue weighted by Gasteiger charge is -2.28. The lowest BCUT2D eigenvalue weighted by atomic mass is 10.2. The van der Waals surface area contributed by atoms with Crippen LogP contribution >= 0.6 is 0 Å². The van der Waals surface area contributed by atoms with Crippen molar-refractivity contribution in [3.05, 3.63) is 23.7 Å². The predicted molar refractivity (Wildman–Crippen MR) is 66.8 cm³/mol. The third-order valence-corrected chi connectivity index (χ3v) is 3.65. The minimum atomic E-state index is -4.14. The molecule has 0 spiro atoms. The first kappa shape index (κ1) is 14.9. The molecule has 3 nitrogen and oxygen atoms in total. The van der Waals surface area contributed by atoms with Crippen LogP contribution in [-0.2, 0) is 6.54 Å². The van der Waals surface area contributed by atoms with Gasteiger partial charge in [0.05, 0.1) is 13.0 Å². The third kappa shape index (κ3) is 4.27. The average Bonchev–Trinajstić information content (AvgIpc) is 3.04. The minimum Gasteiger partial charge on any atom is -0.449 e. The molecule has 0 bridgehead atoms. The highest BCUT2D eigenvalue weighted by Gasteiger charge is 2.31. The van der Waals surface area contributed by atoms with Crippen molar-refractivity contribution in [2.24, 2.45) is 0 Å². The van der Waals surface area contributed by atoms with Gasteiger partial charge < -0.3 is 4.42 Å². The second kappa shape index (κ2) is 6.31. The van der Waals surface area contributed by atoms with Gasteiger partial charge in [0.25, 0.3) is 0 Å². The average molecular weight is 286 g/mol. The Balaban J connectivity index is 2.00. The monoisotopic (exact) mass is 286 g/mol. The van der Waals surface area contributed by atoms with Gasteiger partial charge in [0.15, 0.2) is 0 Å². The van der Waals surface area contributed by atoms with Crippen molar-refractivity contribution >= 4 is 0 Å². The van der Waals surface area contributed by atoms with Gasteiger partial charge in [-0.1, -0.05) is 12.8 Å². The third-order valence-electron chi connectivity index (χ3n) is 3.65. The highest BCUT2D eigenvalue weighted by Crippen LogP contribution is 2.28. The molecule has 1 aliphatic carbocycles. The van der Waals surface area contributed by atoms with Crippen LogP contribution in [0.3, 0.4) is 0 Å². The molecule has 110 valence electrons. The van der Waals surface area contributed by atoms with Gasteiger partial charge in [-0.15, -0.1) is 0 Å². The van der Waals surface area contributed by atoms with E-state index >= 15 is 0 Å². The zero-order valence-electron chi connectivity index (χ0n) is 11.1. The van der Waals surface area contributed by atoms with Crippen LogP contribution in [0, 0.1) is 11.3 Å². The van der Waals surface area contributed by atoms with Gasteiger partial charge in [0.1, 0.15) is 11.8 Å². The number of nitrogens with zero attached hydrogens (tertiary/aromatic N) is 2. The van der Waals surface area contributed by atoms with Gasteiger partial charge >= 0.3 is 6.18 Å². The number of furan rings is 1. The second-order valence-electron chi connectivity index (χ2n) is 5.15. The topological polar surface area (TPSA) is 40.2 Å². The molecule has 2 rings (SSSR count). The summed E-state index contributed by atoms with van der Waals surface area (Å²) in [5.74, 6) is 0.748. The van der Waals surface area contributed by atoms with Crippen LogP contribution in [0.1, 0.15) is 43.6 Å². The van der Waals surface area contributed by atoms with E-state index in [0.717, 1.165) is 25.7 Å². The van der Waals surface area contributed by atoms with E-state index in [1.165, 1.54) is 0 Å². The number of alkyl halides is 3. The fourth-order valence-corrected chi connectivity index (χ4v) is 2.65. The molecular formula is C14H17F3N2O. The fraction of sp³-hybridized carbons (Fsp3) is 0.643. The summed E-state index contributed by atoms with van der Waals surface area (Å²) in [4.78, 5) is 1.83. The summed E-state index contributed by atoms with van der Waals surface area (Å²) in [7, 11) is 0. The molecule has 0 unspecified atom stereocenters. The molecule has 0 N–H and O–H groups in total. The van der Waals surface area contributed by atoms with E-state index in [9.17, 15) is 13.2 Å².